The lowest BCUT2D eigenvalue weighted by Gasteiger charge is -2.32. The zero-order chi connectivity index (χ0) is 22.8. The number of benzene rings is 2. The van der Waals surface area contributed by atoms with Gasteiger partial charge in [-0.1, -0.05) is 43.7 Å². The van der Waals surface area contributed by atoms with Gasteiger partial charge < -0.3 is 19.7 Å². The Kier molecular flexibility index (Phi) is 8.96. The highest BCUT2D eigenvalue weighted by Gasteiger charge is 2.25. The summed E-state index contributed by atoms with van der Waals surface area (Å²) in [6.45, 7) is 3.99. The zero-order valence-electron chi connectivity index (χ0n) is 19.1. The Morgan fingerprint density at radius 1 is 1.06 bits per heavy atom. The molecule has 1 heterocycles. The first kappa shape index (κ1) is 23.6. The van der Waals surface area contributed by atoms with Gasteiger partial charge in [0.05, 0.1) is 13.7 Å². The van der Waals surface area contributed by atoms with Crippen LogP contribution in [0, 0.1) is 0 Å². The number of rotatable bonds is 10. The van der Waals surface area contributed by atoms with Crippen molar-refractivity contribution in [2.24, 2.45) is 0 Å². The van der Waals surface area contributed by atoms with Crippen LogP contribution in [0.3, 0.4) is 0 Å². The summed E-state index contributed by atoms with van der Waals surface area (Å²) in [6.07, 6.45) is 4.78. The van der Waals surface area contributed by atoms with Gasteiger partial charge in [0, 0.05) is 31.1 Å². The first-order valence-corrected chi connectivity index (χ1v) is 11.5. The molecule has 0 saturated carbocycles. The van der Waals surface area contributed by atoms with Crippen LogP contribution in [0.5, 0.6) is 11.5 Å². The van der Waals surface area contributed by atoms with Crippen molar-refractivity contribution in [2.75, 3.05) is 26.8 Å². The number of hydrogen-bond acceptors (Lipinski definition) is 4. The Bertz CT molecular complexity index is 877. The summed E-state index contributed by atoms with van der Waals surface area (Å²) in [6, 6.07) is 15.5. The molecule has 1 aliphatic heterocycles. The maximum atomic E-state index is 13.0. The number of methoxy groups -OCH3 is 1. The molecular formula is C26H34N2O4. The van der Waals surface area contributed by atoms with Gasteiger partial charge in [0.2, 0.25) is 5.91 Å². The van der Waals surface area contributed by atoms with E-state index in [9.17, 15) is 9.59 Å². The third kappa shape index (κ3) is 6.74. The molecule has 3 rings (SSSR count). The Hall–Kier alpha value is -3.02. The fraction of sp³-hybridized carbons (Fsp3) is 0.462. The molecule has 1 fully saturated rings. The molecule has 0 spiro atoms. The zero-order valence-corrected chi connectivity index (χ0v) is 19.1. The summed E-state index contributed by atoms with van der Waals surface area (Å²) in [4.78, 5) is 27.1. The Labute approximate surface area is 190 Å². The average molecular weight is 439 g/mol. The van der Waals surface area contributed by atoms with E-state index in [1.165, 1.54) is 5.56 Å². The van der Waals surface area contributed by atoms with Crippen molar-refractivity contribution in [3.05, 3.63) is 59.7 Å². The number of aryl methyl sites for hydroxylation is 1. The van der Waals surface area contributed by atoms with E-state index in [1.54, 1.807) is 25.3 Å². The number of ether oxygens (including phenoxy) is 2. The van der Waals surface area contributed by atoms with E-state index in [-0.39, 0.29) is 17.9 Å². The van der Waals surface area contributed by atoms with Gasteiger partial charge in [0.15, 0.2) is 11.5 Å². The largest absolute Gasteiger partial charge is 0.493 e. The second kappa shape index (κ2) is 12.1. The Morgan fingerprint density at radius 2 is 1.81 bits per heavy atom. The van der Waals surface area contributed by atoms with Crippen LogP contribution in [0.2, 0.25) is 0 Å². The van der Waals surface area contributed by atoms with Gasteiger partial charge in [0.1, 0.15) is 0 Å². The molecule has 1 saturated heterocycles. The number of likely N-dealkylation sites (tertiary alicyclic amines) is 1. The van der Waals surface area contributed by atoms with Gasteiger partial charge in [-0.05, 0) is 49.4 Å². The van der Waals surface area contributed by atoms with E-state index in [1.807, 2.05) is 35.2 Å². The third-order valence-corrected chi connectivity index (χ3v) is 5.80. The Balaban J connectivity index is 1.47. The lowest BCUT2D eigenvalue weighted by Crippen LogP contribution is -2.46. The Morgan fingerprint density at radius 3 is 2.50 bits per heavy atom. The predicted molar refractivity (Wildman–Crippen MR) is 125 cm³/mol. The standard InChI is InChI=1S/C26H34N2O4/c1-3-4-18-32-23-12-11-21(19-24(23)31-2)26(30)28-16-14-22(15-17-28)27-25(29)13-10-20-8-6-5-7-9-20/h5-9,11-12,19,22H,3-4,10,13-18H2,1-2H3,(H,27,29). The van der Waals surface area contributed by atoms with Gasteiger partial charge in [-0.3, -0.25) is 9.59 Å². The molecule has 1 aliphatic rings. The van der Waals surface area contributed by atoms with Gasteiger partial charge in [-0.15, -0.1) is 0 Å². The van der Waals surface area contributed by atoms with Crippen LogP contribution in [0.25, 0.3) is 0 Å². The van der Waals surface area contributed by atoms with Crippen LogP contribution in [0.4, 0.5) is 0 Å². The minimum Gasteiger partial charge on any atom is -0.493 e. The van der Waals surface area contributed by atoms with E-state index < -0.39 is 0 Å². The van der Waals surface area contributed by atoms with Crippen molar-refractivity contribution in [1.29, 1.82) is 0 Å². The molecule has 0 unspecified atom stereocenters. The van der Waals surface area contributed by atoms with Crippen LogP contribution in [0.15, 0.2) is 48.5 Å². The summed E-state index contributed by atoms with van der Waals surface area (Å²) in [5, 5.41) is 3.12. The SMILES string of the molecule is CCCCOc1ccc(C(=O)N2CCC(NC(=O)CCc3ccccc3)CC2)cc1OC. The van der Waals surface area contributed by atoms with E-state index in [4.69, 9.17) is 9.47 Å². The van der Waals surface area contributed by atoms with Gasteiger partial charge in [-0.25, -0.2) is 0 Å². The van der Waals surface area contributed by atoms with Crippen molar-refractivity contribution >= 4 is 11.8 Å². The highest BCUT2D eigenvalue weighted by Crippen LogP contribution is 2.29. The predicted octanol–water partition coefficient (Wildman–Crippen LogP) is 4.23. The number of nitrogens with one attached hydrogen (secondary N) is 1. The van der Waals surface area contributed by atoms with E-state index in [0.29, 0.717) is 43.2 Å². The lowest BCUT2D eigenvalue weighted by atomic mass is 10.0. The number of carbonyl (C=O) groups is 2. The molecule has 2 amide bonds. The van der Waals surface area contributed by atoms with E-state index in [2.05, 4.69) is 12.2 Å². The fourth-order valence-corrected chi connectivity index (χ4v) is 3.86. The number of piperidine rings is 1. The van der Waals surface area contributed by atoms with Crippen molar-refractivity contribution < 1.29 is 19.1 Å². The maximum Gasteiger partial charge on any atom is 0.253 e. The smallest absolute Gasteiger partial charge is 0.253 e. The molecule has 0 aromatic heterocycles. The second-order valence-corrected chi connectivity index (χ2v) is 8.19. The molecule has 0 atom stereocenters. The molecule has 2 aromatic rings. The van der Waals surface area contributed by atoms with Crippen molar-refractivity contribution in [3.63, 3.8) is 0 Å². The van der Waals surface area contributed by atoms with Crippen molar-refractivity contribution in [1.82, 2.24) is 10.2 Å². The molecule has 0 bridgehead atoms. The minimum absolute atomic E-state index is 0.0164. The highest BCUT2D eigenvalue weighted by molar-refractivity contribution is 5.95. The van der Waals surface area contributed by atoms with Crippen LogP contribution < -0.4 is 14.8 Å². The molecular weight excluding hydrogens is 404 g/mol. The summed E-state index contributed by atoms with van der Waals surface area (Å²) >= 11 is 0. The topological polar surface area (TPSA) is 67.9 Å². The molecule has 6 nitrogen and oxygen atoms in total. The molecule has 0 aliphatic carbocycles. The number of nitrogens with zero attached hydrogens (tertiary/aromatic N) is 1. The van der Waals surface area contributed by atoms with Crippen molar-refractivity contribution in [2.45, 2.75) is 51.5 Å². The average Bonchev–Trinajstić information content (AvgIpc) is 2.84. The molecule has 0 radical (unpaired) electrons. The van der Waals surface area contributed by atoms with Crippen LogP contribution in [-0.4, -0.2) is 49.6 Å². The summed E-state index contributed by atoms with van der Waals surface area (Å²) in [7, 11) is 1.59. The molecule has 172 valence electrons. The normalized spacial score (nSPS) is 14.1. The van der Waals surface area contributed by atoms with E-state index in [0.717, 1.165) is 32.1 Å². The first-order valence-electron chi connectivity index (χ1n) is 11.5. The van der Waals surface area contributed by atoms with Crippen LogP contribution in [0.1, 0.15) is 54.9 Å². The minimum atomic E-state index is -0.0164. The van der Waals surface area contributed by atoms with Crippen LogP contribution in [-0.2, 0) is 11.2 Å². The second-order valence-electron chi connectivity index (χ2n) is 8.19. The number of unbranched alkanes of at least 4 members (excludes halogenated alkanes) is 1. The monoisotopic (exact) mass is 438 g/mol. The molecule has 32 heavy (non-hydrogen) atoms. The quantitative estimate of drug-likeness (QED) is 0.564. The lowest BCUT2D eigenvalue weighted by molar-refractivity contribution is -0.122. The fourth-order valence-electron chi connectivity index (χ4n) is 3.86. The summed E-state index contributed by atoms with van der Waals surface area (Å²) < 4.78 is 11.2. The number of hydrogen-bond donors (Lipinski definition) is 1. The molecule has 2 aromatic carbocycles. The van der Waals surface area contributed by atoms with Gasteiger partial charge >= 0.3 is 0 Å². The number of carbonyl (C=O) groups excluding carboxylic acids is 2. The number of amides is 2. The van der Waals surface area contributed by atoms with Gasteiger partial charge in [0.25, 0.3) is 5.91 Å². The highest BCUT2D eigenvalue weighted by atomic mass is 16.5. The van der Waals surface area contributed by atoms with Gasteiger partial charge in [-0.2, -0.15) is 0 Å². The summed E-state index contributed by atoms with van der Waals surface area (Å²) in [5.41, 5.74) is 1.76. The van der Waals surface area contributed by atoms with E-state index >= 15 is 0 Å². The molecule has 6 heteroatoms. The maximum absolute atomic E-state index is 13.0. The van der Waals surface area contributed by atoms with Crippen molar-refractivity contribution in [3.8, 4) is 11.5 Å². The summed E-state index contributed by atoms with van der Waals surface area (Å²) in [5.74, 6) is 1.29. The van der Waals surface area contributed by atoms with Crippen LogP contribution >= 0.6 is 0 Å². The first-order chi connectivity index (χ1) is 15.6. The third-order valence-electron chi connectivity index (χ3n) is 5.80. The molecule has 1 N–H and O–H groups in total.